The summed E-state index contributed by atoms with van der Waals surface area (Å²) in [7, 11) is -9.82. The quantitative estimate of drug-likeness (QED) is 0.0942. The number of benzene rings is 1. The fourth-order valence-corrected chi connectivity index (χ4v) is 5.66. The molecule has 0 unspecified atom stereocenters. The van der Waals surface area contributed by atoms with E-state index < -0.39 is 31.9 Å². The third-order valence-electron chi connectivity index (χ3n) is 2.92. The average molecular weight is 489 g/mol. The molecular formula is C13H24ClN2NaO8P2S. The second kappa shape index (κ2) is 14.5. The molecule has 28 heavy (non-hydrogen) atoms. The fourth-order valence-electron chi connectivity index (χ4n) is 1.60. The molecule has 0 aromatic heterocycles. The molecule has 0 amide bonds. The van der Waals surface area contributed by atoms with E-state index in [2.05, 4.69) is 0 Å². The fraction of sp³-hybridized carbons (Fsp3) is 0.462. The Balaban J connectivity index is -0.000000491. The van der Waals surface area contributed by atoms with Crippen LogP contribution in [0.1, 0.15) is 20.7 Å². The van der Waals surface area contributed by atoms with Crippen LogP contribution in [-0.4, -0.2) is 48.0 Å². The van der Waals surface area contributed by atoms with Crippen molar-refractivity contribution in [2.75, 3.05) is 6.54 Å². The van der Waals surface area contributed by atoms with Crippen molar-refractivity contribution in [1.82, 2.24) is 0 Å². The zero-order valence-electron chi connectivity index (χ0n) is 16.1. The molecule has 0 radical (unpaired) electrons. The third-order valence-corrected chi connectivity index (χ3v) is 9.16. The smallest absolute Gasteiger partial charge is 1.00 e. The van der Waals surface area contributed by atoms with E-state index in [-0.39, 0.29) is 31.0 Å². The molecular weight excluding hydrogens is 465 g/mol. The Labute approximate surface area is 195 Å². The Bertz CT molecular complexity index is 672. The normalized spacial score (nSPS) is 12.6. The Morgan fingerprint density at radius 2 is 1.57 bits per heavy atom. The summed E-state index contributed by atoms with van der Waals surface area (Å²) in [5.74, 6) is -0.933. The zero-order chi connectivity index (χ0) is 21.3. The van der Waals surface area contributed by atoms with Crippen molar-refractivity contribution in [2.45, 2.75) is 34.9 Å². The summed E-state index contributed by atoms with van der Waals surface area (Å²) in [4.78, 5) is 46.1. The molecule has 1 aromatic rings. The Kier molecular flexibility index (Phi) is 16.0. The van der Waals surface area contributed by atoms with Gasteiger partial charge in [0.2, 0.25) is 4.73 Å². The zero-order valence-corrected chi connectivity index (χ0v) is 20.4. The van der Waals surface area contributed by atoms with Crippen molar-refractivity contribution >= 4 is 44.5 Å². The van der Waals surface area contributed by atoms with Crippen LogP contribution in [0.2, 0.25) is 5.02 Å². The molecule has 0 fully saturated rings. The molecule has 1 aromatic carbocycles. The molecule has 0 saturated carbocycles. The summed E-state index contributed by atoms with van der Waals surface area (Å²) in [5.41, 5.74) is 10.4. The first-order valence-corrected chi connectivity index (χ1v) is 12.1. The standard InChI is InChI=1S/C7H9ClO6P2S.C6H14N2O2.Na.H/c8-5-1-3-6(4-2-5)17-7(15(9,10)11)16(12,13)14;7-4-2-1-3-5(8)6(9)10;;/h1-4,7H,(H2,9,10,11)(H2,12,13,14);5H,1-4,7-8H2,(H,9,10);;/q;;+1;-1/t;5-;;/m.0../s1. The second-order valence-corrected chi connectivity index (χ2v) is 11.4. The maximum Gasteiger partial charge on any atom is 1.00 e. The van der Waals surface area contributed by atoms with Crippen molar-refractivity contribution < 1.29 is 69.6 Å². The Morgan fingerprint density at radius 3 is 1.93 bits per heavy atom. The minimum Gasteiger partial charge on any atom is -1.00 e. The topological polar surface area (TPSA) is 204 Å². The van der Waals surface area contributed by atoms with Crippen LogP contribution in [0.4, 0.5) is 0 Å². The van der Waals surface area contributed by atoms with E-state index in [0.29, 0.717) is 34.6 Å². The minimum atomic E-state index is -4.91. The molecule has 1 atom stereocenters. The van der Waals surface area contributed by atoms with E-state index in [0.717, 1.165) is 12.8 Å². The Morgan fingerprint density at radius 1 is 1.11 bits per heavy atom. The number of rotatable bonds is 9. The van der Waals surface area contributed by atoms with Crippen LogP contribution in [0.15, 0.2) is 29.2 Å². The van der Waals surface area contributed by atoms with Gasteiger partial charge in [-0.3, -0.25) is 13.9 Å². The van der Waals surface area contributed by atoms with Gasteiger partial charge >= 0.3 is 50.7 Å². The van der Waals surface area contributed by atoms with Gasteiger partial charge in [0.25, 0.3) is 0 Å². The van der Waals surface area contributed by atoms with Crippen molar-refractivity contribution in [3.8, 4) is 0 Å². The summed E-state index contributed by atoms with van der Waals surface area (Å²) in [6.45, 7) is 0.604. The number of halogens is 1. The van der Waals surface area contributed by atoms with Crippen LogP contribution >= 0.6 is 38.6 Å². The molecule has 0 aliphatic rings. The first kappa shape index (κ1) is 30.7. The van der Waals surface area contributed by atoms with Crippen molar-refractivity contribution in [3.63, 3.8) is 0 Å². The molecule has 9 N–H and O–H groups in total. The summed E-state index contributed by atoms with van der Waals surface area (Å²) in [5, 5.41) is 8.74. The molecule has 0 aliphatic heterocycles. The number of unbranched alkanes of at least 4 members (excludes halogenated alkanes) is 1. The van der Waals surface area contributed by atoms with Gasteiger partial charge < -0.3 is 37.6 Å². The molecule has 15 heteroatoms. The van der Waals surface area contributed by atoms with Crippen LogP contribution in [0.25, 0.3) is 0 Å². The third kappa shape index (κ3) is 13.7. The number of hydrogen-bond donors (Lipinski definition) is 7. The predicted molar refractivity (Wildman–Crippen MR) is 105 cm³/mol. The van der Waals surface area contributed by atoms with Gasteiger partial charge in [-0.05, 0) is 43.7 Å². The van der Waals surface area contributed by atoms with Crippen molar-refractivity contribution in [1.29, 1.82) is 0 Å². The summed E-state index contributed by atoms with van der Waals surface area (Å²) in [6, 6.07) is 5.04. The number of thioether (sulfide) groups is 1. The SMILES string of the molecule is NCCCC[C@H](N)C(=O)O.O=P(O)(O)C(Sc1ccc(Cl)cc1)P(=O)(O)O.[H-].[Na+]. The number of aliphatic carboxylic acids is 1. The number of carbonyl (C=O) groups is 1. The second-order valence-electron chi connectivity index (χ2n) is 5.31. The Hall–Kier alpha value is 0.550. The van der Waals surface area contributed by atoms with Crippen LogP contribution in [0.5, 0.6) is 0 Å². The van der Waals surface area contributed by atoms with Gasteiger partial charge in [0.1, 0.15) is 6.04 Å². The van der Waals surface area contributed by atoms with Gasteiger partial charge in [-0.15, -0.1) is 0 Å². The van der Waals surface area contributed by atoms with E-state index >= 15 is 0 Å². The molecule has 0 saturated heterocycles. The van der Waals surface area contributed by atoms with Crippen molar-refractivity contribution in [3.05, 3.63) is 29.3 Å². The van der Waals surface area contributed by atoms with Gasteiger partial charge in [-0.2, -0.15) is 0 Å². The molecule has 0 aliphatic carbocycles. The molecule has 10 nitrogen and oxygen atoms in total. The van der Waals surface area contributed by atoms with Gasteiger partial charge in [0, 0.05) is 9.92 Å². The van der Waals surface area contributed by atoms with E-state index in [1.165, 1.54) is 24.3 Å². The van der Waals surface area contributed by atoms with E-state index in [4.69, 9.17) is 47.7 Å². The summed E-state index contributed by atoms with van der Waals surface area (Å²) >= 11 is 6.04. The minimum absolute atomic E-state index is 0. The molecule has 0 spiro atoms. The van der Waals surface area contributed by atoms with Gasteiger partial charge in [0.05, 0.1) is 0 Å². The monoisotopic (exact) mass is 488 g/mol. The first-order chi connectivity index (χ1) is 12.3. The van der Waals surface area contributed by atoms with E-state index in [1.54, 1.807) is 0 Å². The number of carboxylic acids is 1. The number of carboxylic acid groups (broad SMARTS) is 1. The van der Waals surface area contributed by atoms with Crippen LogP contribution < -0.4 is 41.0 Å². The van der Waals surface area contributed by atoms with Gasteiger partial charge in [-0.25, -0.2) is 0 Å². The maximum absolute atomic E-state index is 11.0. The molecule has 158 valence electrons. The van der Waals surface area contributed by atoms with E-state index in [9.17, 15) is 13.9 Å². The van der Waals surface area contributed by atoms with Crippen molar-refractivity contribution in [2.24, 2.45) is 11.5 Å². The summed E-state index contributed by atoms with van der Waals surface area (Å²) < 4.78 is 19.9. The number of nitrogens with two attached hydrogens (primary N) is 2. The molecule has 0 heterocycles. The van der Waals surface area contributed by atoms with Crippen LogP contribution in [0, 0.1) is 0 Å². The maximum atomic E-state index is 11.0. The first-order valence-electron chi connectivity index (χ1n) is 7.50. The number of hydrogen-bond acceptors (Lipinski definition) is 6. The van der Waals surface area contributed by atoms with Gasteiger partial charge in [-0.1, -0.05) is 29.8 Å². The molecule has 1 rings (SSSR count). The van der Waals surface area contributed by atoms with E-state index in [1.807, 2.05) is 0 Å². The predicted octanol–water partition coefficient (Wildman–Crippen LogP) is -1.29. The van der Waals surface area contributed by atoms with Gasteiger partial charge in [0.15, 0.2) is 0 Å². The molecule has 0 bridgehead atoms. The average Bonchev–Trinajstić information content (AvgIpc) is 2.52. The van der Waals surface area contributed by atoms with Crippen LogP contribution in [-0.2, 0) is 13.9 Å². The summed E-state index contributed by atoms with van der Waals surface area (Å²) in [6.07, 6.45) is 2.16. The van der Waals surface area contributed by atoms with Crippen LogP contribution in [0.3, 0.4) is 0 Å². The largest absolute Gasteiger partial charge is 1.00 e.